The van der Waals surface area contributed by atoms with E-state index in [1.807, 2.05) is 0 Å². The van der Waals surface area contributed by atoms with Gasteiger partial charge in [-0.15, -0.1) is 11.6 Å². The van der Waals surface area contributed by atoms with Crippen LogP contribution in [0.1, 0.15) is 19.4 Å². The summed E-state index contributed by atoms with van der Waals surface area (Å²) < 4.78 is 38.9. The molecule has 0 fully saturated rings. The predicted octanol–water partition coefficient (Wildman–Crippen LogP) is 3.33. The van der Waals surface area contributed by atoms with Gasteiger partial charge in [-0.25, -0.2) is 13.2 Å². The average molecular weight is 294 g/mol. The fraction of sp³-hybridized carbons (Fsp3) is 0.462. The first kappa shape index (κ1) is 15.8. The maximum absolute atomic E-state index is 13.1. The zero-order valence-electron chi connectivity index (χ0n) is 10.9. The molecule has 1 aromatic carbocycles. The molecule has 106 valence electrons. The lowest BCUT2D eigenvalue weighted by Gasteiger charge is -2.27. The van der Waals surface area contributed by atoms with Crippen molar-refractivity contribution in [2.75, 3.05) is 12.9 Å². The first-order valence-corrected chi connectivity index (χ1v) is 6.17. The Kier molecular flexibility index (Phi) is 4.85. The topological polar surface area (TPSA) is 20.3 Å². The predicted molar refractivity (Wildman–Crippen MR) is 67.3 cm³/mol. The van der Waals surface area contributed by atoms with Gasteiger partial charge in [0, 0.05) is 19.5 Å². The number of benzene rings is 1. The van der Waals surface area contributed by atoms with Crippen molar-refractivity contribution in [2.45, 2.75) is 20.4 Å². The number of amides is 1. The van der Waals surface area contributed by atoms with Gasteiger partial charge in [0.05, 0.1) is 5.41 Å². The molecule has 2 nitrogen and oxygen atoms in total. The summed E-state index contributed by atoms with van der Waals surface area (Å²) >= 11 is 5.69. The third-order valence-corrected chi connectivity index (χ3v) is 3.39. The monoisotopic (exact) mass is 293 g/mol. The van der Waals surface area contributed by atoms with Gasteiger partial charge in [-0.05, 0) is 31.5 Å². The van der Waals surface area contributed by atoms with Crippen LogP contribution in [0, 0.1) is 22.9 Å². The molecular formula is C13H15ClF3NO. The zero-order valence-corrected chi connectivity index (χ0v) is 11.7. The van der Waals surface area contributed by atoms with Crippen molar-refractivity contribution in [3.63, 3.8) is 0 Å². The molecule has 0 spiro atoms. The van der Waals surface area contributed by atoms with E-state index in [2.05, 4.69) is 0 Å². The van der Waals surface area contributed by atoms with Crippen LogP contribution in [-0.4, -0.2) is 23.7 Å². The van der Waals surface area contributed by atoms with Crippen LogP contribution in [0.3, 0.4) is 0 Å². The molecule has 0 unspecified atom stereocenters. The maximum Gasteiger partial charge on any atom is 0.229 e. The molecule has 1 aromatic rings. The molecule has 0 aromatic heterocycles. The van der Waals surface area contributed by atoms with Crippen molar-refractivity contribution < 1.29 is 18.0 Å². The summed E-state index contributed by atoms with van der Waals surface area (Å²) in [6.07, 6.45) is 0. The van der Waals surface area contributed by atoms with Gasteiger partial charge in [0.2, 0.25) is 5.91 Å². The Hall–Kier alpha value is -1.23. The number of carbonyl (C=O) groups excluding carboxylic acids is 1. The van der Waals surface area contributed by atoms with E-state index in [0.29, 0.717) is 0 Å². The Bertz CT molecular complexity index is 468. The highest BCUT2D eigenvalue weighted by Gasteiger charge is 2.29. The van der Waals surface area contributed by atoms with Crippen molar-refractivity contribution in [3.8, 4) is 0 Å². The summed E-state index contributed by atoms with van der Waals surface area (Å²) in [4.78, 5) is 13.3. The SMILES string of the molecule is CN(Cc1cc(F)c(F)c(F)c1)C(=O)C(C)(C)CCl. The van der Waals surface area contributed by atoms with Crippen LogP contribution in [-0.2, 0) is 11.3 Å². The summed E-state index contributed by atoms with van der Waals surface area (Å²) in [7, 11) is 1.50. The molecule has 1 rings (SSSR count). The fourth-order valence-corrected chi connectivity index (χ4v) is 1.73. The lowest BCUT2D eigenvalue weighted by Crippen LogP contribution is -2.39. The van der Waals surface area contributed by atoms with E-state index in [4.69, 9.17) is 11.6 Å². The Morgan fingerprint density at radius 3 is 2.16 bits per heavy atom. The first-order valence-electron chi connectivity index (χ1n) is 5.64. The van der Waals surface area contributed by atoms with Crippen molar-refractivity contribution in [3.05, 3.63) is 35.1 Å². The minimum Gasteiger partial charge on any atom is -0.341 e. The van der Waals surface area contributed by atoms with Gasteiger partial charge < -0.3 is 4.90 Å². The molecule has 0 aliphatic carbocycles. The van der Waals surface area contributed by atoms with Crippen LogP contribution in [0.25, 0.3) is 0 Å². The van der Waals surface area contributed by atoms with Crippen LogP contribution in [0.15, 0.2) is 12.1 Å². The zero-order chi connectivity index (χ0) is 14.8. The molecule has 0 radical (unpaired) electrons. The van der Waals surface area contributed by atoms with E-state index in [9.17, 15) is 18.0 Å². The smallest absolute Gasteiger partial charge is 0.229 e. The molecule has 1 amide bonds. The average Bonchev–Trinajstić information content (AvgIpc) is 2.34. The second-order valence-corrected chi connectivity index (χ2v) is 5.32. The minimum atomic E-state index is -1.51. The highest BCUT2D eigenvalue weighted by Crippen LogP contribution is 2.22. The number of halogens is 4. The summed E-state index contributed by atoms with van der Waals surface area (Å²) in [6.45, 7) is 3.32. The van der Waals surface area contributed by atoms with Gasteiger partial charge in [-0.1, -0.05) is 0 Å². The number of rotatable bonds is 4. The van der Waals surface area contributed by atoms with Crippen LogP contribution in [0.4, 0.5) is 13.2 Å². The lowest BCUT2D eigenvalue weighted by atomic mass is 9.94. The summed E-state index contributed by atoms with van der Waals surface area (Å²) in [6, 6.07) is 1.74. The number of hydrogen-bond acceptors (Lipinski definition) is 1. The van der Waals surface area contributed by atoms with Gasteiger partial charge in [-0.3, -0.25) is 4.79 Å². The van der Waals surface area contributed by atoms with E-state index < -0.39 is 22.9 Å². The maximum atomic E-state index is 13.1. The largest absolute Gasteiger partial charge is 0.341 e. The van der Waals surface area contributed by atoms with Crippen molar-refractivity contribution in [2.24, 2.45) is 5.41 Å². The normalized spacial score (nSPS) is 11.5. The van der Waals surface area contributed by atoms with E-state index in [-0.39, 0.29) is 23.9 Å². The highest BCUT2D eigenvalue weighted by atomic mass is 35.5. The Labute approximate surface area is 115 Å². The summed E-state index contributed by atoms with van der Waals surface area (Å²) in [5.74, 6) is -4.19. The van der Waals surface area contributed by atoms with Gasteiger partial charge >= 0.3 is 0 Å². The quantitative estimate of drug-likeness (QED) is 0.616. The van der Waals surface area contributed by atoms with Crippen LogP contribution in [0.5, 0.6) is 0 Å². The van der Waals surface area contributed by atoms with Gasteiger partial charge in [-0.2, -0.15) is 0 Å². The summed E-state index contributed by atoms with van der Waals surface area (Å²) in [5.41, 5.74) is -0.592. The standard InChI is InChI=1S/C13H15ClF3NO/c1-13(2,7-14)12(19)18(3)6-8-4-9(15)11(17)10(16)5-8/h4-5H,6-7H2,1-3H3. The highest BCUT2D eigenvalue weighted by molar-refractivity contribution is 6.19. The van der Waals surface area contributed by atoms with Crippen molar-refractivity contribution >= 4 is 17.5 Å². The first-order chi connectivity index (χ1) is 8.69. The van der Waals surface area contributed by atoms with Gasteiger partial charge in [0.1, 0.15) is 0 Å². The lowest BCUT2D eigenvalue weighted by molar-refractivity contribution is -0.138. The molecule has 0 bridgehead atoms. The molecule has 0 aliphatic rings. The third-order valence-electron chi connectivity index (χ3n) is 2.72. The molecule has 0 aliphatic heterocycles. The minimum absolute atomic E-state index is 0.0206. The summed E-state index contributed by atoms with van der Waals surface area (Å²) in [5, 5.41) is 0. The molecule has 6 heteroatoms. The number of alkyl halides is 1. The fourth-order valence-electron chi connectivity index (χ4n) is 1.62. The molecule has 19 heavy (non-hydrogen) atoms. The Balaban J connectivity index is 2.89. The number of hydrogen-bond donors (Lipinski definition) is 0. The molecule has 0 atom stereocenters. The molecule has 0 saturated carbocycles. The molecular weight excluding hydrogens is 279 g/mol. The van der Waals surface area contributed by atoms with Gasteiger partial charge in [0.15, 0.2) is 17.5 Å². The molecule has 0 heterocycles. The van der Waals surface area contributed by atoms with Crippen molar-refractivity contribution in [1.29, 1.82) is 0 Å². The van der Waals surface area contributed by atoms with E-state index in [1.165, 1.54) is 11.9 Å². The Morgan fingerprint density at radius 1 is 1.26 bits per heavy atom. The third kappa shape index (κ3) is 3.62. The van der Waals surface area contributed by atoms with E-state index in [0.717, 1.165) is 12.1 Å². The molecule has 0 N–H and O–H groups in total. The Morgan fingerprint density at radius 2 is 1.74 bits per heavy atom. The van der Waals surface area contributed by atoms with E-state index >= 15 is 0 Å². The molecule has 0 saturated heterocycles. The number of nitrogens with zero attached hydrogens (tertiary/aromatic N) is 1. The second-order valence-electron chi connectivity index (χ2n) is 5.05. The second kappa shape index (κ2) is 5.82. The van der Waals surface area contributed by atoms with Crippen LogP contribution < -0.4 is 0 Å². The van der Waals surface area contributed by atoms with E-state index in [1.54, 1.807) is 13.8 Å². The van der Waals surface area contributed by atoms with Crippen LogP contribution in [0.2, 0.25) is 0 Å². The van der Waals surface area contributed by atoms with Crippen LogP contribution >= 0.6 is 11.6 Å². The van der Waals surface area contributed by atoms with Crippen molar-refractivity contribution in [1.82, 2.24) is 4.90 Å². The number of carbonyl (C=O) groups is 1. The van der Waals surface area contributed by atoms with Gasteiger partial charge in [0.25, 0.3) is 0 Å².